The van der Waals surface area contributed by atoms with Gasteiger partial charge in [-0.05, 0) is 25.5 Å². The van der Waals surface area contributed by atoms with E-state index in [0.717, 1.165) is 36.8 Å². The number of benzene rings is 1. The maximum Gasteiger partial charge on any atom is 0.0718 e. The largest absolute Gasteiger partial charge is 0.389 e. The van der Waals surface area contributed by atoms with Crippen LogP contribution in [0.15, 0.2) is 24.3 Å². The van der Waals surface area contributed by atoms with Gasteiger partial charge in [-0.15, -0.1) is 0 Å². The van der Waals surface area contributed by atoms with Gasteiger partial charge in [0.15, 0.2) is 0 Å². The molecule has 0 aromatic heterocycles. The molecule has 1 saturated heterocycles. The van der Waals surface area contributed by atoms with Crippen molar-refractivity contribution in [2.45, 2.75) is 25.5 Å². The van der Waals surface area contributed by atoms with Gasteiger partial charge < -0.3 is 10.8 Å². The van der Waals surface area contributed by atoms with Crippen molar-refractivity contribution in [3.05, 3.63) is 34.9 Å². The van der Waals surface area contributed by atoms with Gasteiger partial charge in [0, 0.05) is 50.3 Å². The second kappa shape index (κ2) is 7.07. The molecule has 3 N–H and O–H groups in total. The van der Waals surface area contributed by atoms with Gasteiger partial charge in [0.25, 0.3) is 0 Å². The highest BCUT2D eigenvalue weighted by atomic mass is 35.5. The van der Waals surface area contributed by atoms with Gasteiger partial charge in [-0.2, -0.15) is 0 Å². The lowest BCUT2D eigenvalue weighted by Crippen LogP contribution is -2.52. The lowest BCUT2D eigenvalue weighted by atomic mass is 10.0. The van der Waals surface area contributed by atoms with Gasteiger partial charge in [0.1, 0.15) is 0 Å². The molecule has 118 valence electrons. The Hall–Kier alpha value is -0.650. The van der Waals surface area contributed by atoms with Crippen molar-refractivity contribution in [2.75, 3.05) is 39.3 Å². The quantitative estimate of drug-likeness (QED) is 0.869. The molecular formula is C16H26ClN3O. The van der Waals surface area contributed by atoms with Crippen LogP contribution < -0.4 is 5.73 Å². The van der Waals surface area contributed by atoms with Crippen LogP contribution in [0, 0.1) is 0 Å². The molecule has 4 nitrogen and oxygen atoms in total. The molecule has 5 heteroatoms. The highest BCUT2D eigenvalue weighted by Crippen LogP contribution is 2.27. The zero-order valence-electron chi connectivity index (χ0n) is 12.9. The number of piperazine rings is 1. The Morgan fingerprint density at radius 2 is 1.86 bits per heavy atom. The highest BCUT2D eigenvalue weighted by molar-refractivity contribution is 6.31. The third kappa shape index (κ3) is 4.66. The van der Waals surface area contributed by atoms with Crippen LogP contribution in [0.25, 0.3) is 0 Å². The summed E-state index contributed by atoms with van der Waals surface area (Å²) in [5.41, 5.74) is 6.46. The lowest BCUT2D eigenvalue weighted by Gasteiger charge is -2.40. The molecule has 2 rings (SSSR count). The van der Waals surface area contributed by atoms with Gasteiger partial charge in [0.2, 0.25) is 0 Å². The standard InChI is InChI=1S/C16H26ClN3O/c1-16(2,21)12-19-7-9-20(10-8-19)15(11-18)13-5-3-4-6-14(13)17/h3-6,15,21H,7-12,18H2,1-2H3. The van der Waals surface area contributed by atoms with Crippen molar-refractivity contribution >= 4 is 11.6 Å². The molecule has 1 heterocycles. The van der Waals surface area contributed by atoms with Gasteiger partial charge in [0.05, 0.1) is 5.60 Å². The minimum absolute atomic E-state index is 0.169. The zero-order valence-corrected chi connectivity index (χ0v) is 13.7. The van der Waals surface area contributed by atoms with E-state index in [1.807, 2.05) is 32.0 Å². The van der Waals surface area contributed by atoms with Crippen molar-refractivity contribution in [3.63, 3.8) is 0 Å². The normalized spacial score (nSPS) is 19.7. The first-order valence-electron chi connectivity index (χ1n) is 7.54. The molecule has 1 aromatic rings. The number of rotatable bonds is 5. The Morgan fingerprint density at radius 1 is 1.24 bits per heavy atom. The fraction of sp³-hybridized carbons (Fsp3) is 0.625. The smallest absolute Gasteiger partial charge is 0.0718 e. The molecule has 1 fully saturated rings. The summed E-state index contributed by atoms with van der Waals surface area (Å²) in [6.45, 7) is 8.77. The Morgan fingerprint density at radius 3 is 2.38 bits per heavy atom. The van der Waals surface area contributed by atoms with E-state index in [-0.39, 0.29) is 6.04 Å². The van der Waals surface area contributed by atoms with Crippen molar-refractivity contribution in [3.8, 4) is 0 Å². The van der Waals surface area contributed by atoms with Crippen LogP contribution in [0.3, 0.4) is 0 Å². The molecule has 0 saturated carbocycles. The number of hydrogen-bond acceptors (Lipinski definition) is 4. The predicted molar refractivity (Wildman–Crippen MR) is 87.6 cm³/mol. The fourth-order valence-electron chi connectivity index (χ4n) is 3.00. The van der Waals surface area contributed by atoms with E-state index in [0.29, 0.717) is 13.1 Å². The van der Waals surface area contributed by atoms with Crippen LogP contribution in [0.4, 0.5) is 0 Å². The third-order valence-electron chi connectivity index (χ3n) is 3.95. The minimum Gasteiger partial charge on any atom is -0.389 e. The molecule has 1 aromatic carbocycles. The first-order chi connectivity index (χ1) is 9.90. The number of halogens is 1. The minimum atomic E-state index is -0.641. The predicted octanol–water partition coefficient (Wildman–Crippen LogP) is 1.73. The Kier molecular flexibility index (Phi) is 5.63. The zero-order chi connectivity index (χ0) is 15.5. The highest BCUT2D eigenvalue weighted by Gasteiger charge is 2.27. The lowest BCUT2D eigenvalue weighted by molar-refractivity contribution is 0.0113. The van der Waals surface area contributed by atoms with Crippen molar-refractivity contribution in [2.24, 2.45) is 5.73 Å². The number of nitrogens with two attached hydrogens (primary N) is 1. The molecule has 0 amide bonds. The van der Waals surface area contributed by atoms with Crippen molar-refractivity contribution < 1.29 is 5.11 Å². The molecular weight excluding hydrogens is 286 g/mol. The van der Waals surface area contributed by atoms with Gasteiger partial charge in [-0.3, -0.25) is 9.80 Å². The Labute approximate surface area is 132 Å². The topological polar surface area (TPSA) is 52.7 Å². The average Bonchev–Trinajstić information content (AvgIpc) is 2.42. The summed E-state index contributed by atoms with van der Waals surface area (Å²) >= 11 is 6.31. The molecule has 0 spiro atoms. The van der Waals surface area contributed by atoms with E-state index in [9.17, 15) is 5.11 Å². The van der Waals surface area contributed by atoms with Crippen molar-refractivity contribution in [1.82, 2.24) is 9.80 Å². The second-order valence-corrected chi connectivity index (χ2v) is 6.80. The van der Waals surface area contributed by atoms with Crippen LogP contribution >= 0.6 is 11.6 Å². The Balaban J connectivity index is 1.98. The van der Waals surface area contributed by atoms with E-state index in [1.54, 1.807) is 0 Å². The molecule has 1 aliphatic heterocycles. The number of nitrogens with zero attached hydrogens (tertiary/aromatic N) is 2. The van der Waals surface area contributed by atoms with Crippen LogP contribution in [0.1, 0.15) is 25.5 Å². The molecule has 21 heavy (non-hydrogen) atoms. The number of hydrogen-bond donors (Lipinski definition) is 2. The van der Waals surface area contributed by atoms with E-state index in [1.165, 1.54) is 0 Å². The molecule has 0 aliphatic carbocycles. The van der Waals surface area contributed by atoms with E-state index in [4.69, 9.17) is 17.3 Å². The SMILES string of the molecule is CC(C)(O)CN1CCN(C(CN)c2ccccc2Cl)CC1. The second-order valence-electron chi connectivity index (χ2n) is 6.40. The van der Waals surface area contributed by atoms with Crippen LogP contribution in [-0.4, -0.2) is 59.8 Å². The fourth-order valence-corrected chi connectivity index (χ4v) is 3.26. The van der Waals surface area contributed by atoms with Crippen LogP contribution in [0.5, 0.6) is 0 Å². The number of aliphatic hydroxyl groups is 1. The maximum absolute atomic E-state index is 9.91. The van der Waals surface area contributed by atoms with Crippen LogP contribution in [0.2, 0.25) is 5.02 Å². The summed E-state index contributed by atoms with van der Waals surface area (Å²) < 4.78 is 0. The van der Waals surface area contributed by atoms with Crippen molar-refractivity contribution in [1.29, 1.82) is 0 Å². The third-order valence-corrected chi connectivity index (χ3v) is 4.29. The monoisotopic (exact) mass is 311 g/mol. The molecule has 1 unspecified atom stereocenters. The summed E-state index contributed by atoms with van der Waals surface area (Å²) in [6, 6.07) is 8.10. The first kappa shape index (κ1) is 16.7. The Bertz CT molecular complexity index is 453. The average molecular weight is 312 g/mol. The number of β-amino-alcohol motifs (C(OH)–C–C–N with tert-alkyl or cyclic N) is 1. The van der Waals surface area contributed by atoms with Gasteiger partial charge >= 0.3 is 0 Å². The summed E-state index contributed by atoms with van der Waals surface area (Å²) in [5.74, 6) is 0. The summed E-state index contributed by atoms with van der Waals surface area (Å²) in [7, 11) is 0. The van der Waals surface area contributed by atoms with Gasteiger partial charge in [-0.25, -0.2) is 0 Å². The van der Waals surface area contributed by atoms with E-state index < -0.39 is 5.60 Å². The summed E-state index contributed by atoms with van der Waals surface area (Å²) in [5, 5.41) is 10.7. The van der Waals surface area contributed by atoms with Gasteiger partial charge in [-0.1, -0.05) is 29.8 Å². The molecule has 0 radical (unpaired) electrons. The molecule has 1 aliphatic rings. The van der Waals surface area contributed by atoms with E-state index >= 15 is 0 Å². The molecule has 0 bridgehead atoms. The summed E-state index contributed by atoms with van der Waals surface area (Å²) in [6.07, 6.45) is 0. The van der Waals surface area contributed by atoms with E-state index in [2.05, 4.69) is 15.9 Å². The summed E-state index contributed by atoms with van der Waals surface area (Å²) in [4.78, 5) is 4.69. The first-order valence-corrected chi connectivity index (χ1v) is 7.92. The molecule has 1 atom stereocenters. The van der Waals surface area contributed by atoms with Crippen LogP contribution in [-0.2, 0) is 0 Å². The maximum atomic E-state index is 9.91.